The maximum atomic E-state index is 13.8. The standard InChI is InChI=1S/C20H15ClFN5/c21-15-7-5-13(6-8-15)18-16(19-23-9-10-24-19)12-26-20(27-18)25-11-14-3-1-2-4-17(14)22/h1-10,12H,11H2,(H,23,24)(H,25,26,27). The minimum atomic E-state index is -0.268. The molecule has 4 aromatic rings. The number of halogens is 2. The van der Waals surface area contributed by atoms with Gasteiger partial charge in [0.05, 0.1) is 11.3 Å². The van der Waals surface area contributed by atoms with E-state index in [1.54, 1.807) is 48.9 Å². The highest BCUT2D eigenvalue weighted by molar-refractivity contribution is 6.30. The van der Waals surface area contributed by atoms with E-state index >= 15 is 0 Å². The Bertz CT molecular complexity index is 1050. The Morgan fingerprint density at radius 2 is 1.85 bits per heavy atom. The fraction of sp³-hybridized carbons (Fsp3) is 0.0500. The highest BCUT2D eigenvalue weighted by Gasteiger charge is 2.13. The van der Waals surface area contributed by atoms with E-state index < -0.39 is 0 Å². The second-order valence-corrected chi connectivity index (χ2v) is 6.28. The van der Waals surface area contributed by atoms with Gasteiger partial charge in [-0.1, -0.05) is 41.9 Å². The third-order valence-corrected chi connectivity index (χ3v) is 4.31. The highest BCUT2D eigenvalue weighted by Crippen LogP contribution is 2.29. The number of rotatable bonds is 5. The average Bonchev–Trinajstić information content (AvgIpc) is 3.22. The molecule has 0 saturated heterocycles. The van der Waals surface area contributed by atoms with Crippen LogP contribution in [0.4, 0.5) is 10.3 Å². The lowest BCUT2D eigenvalue weighted by atomic mass is 10.1. The van der Waals surface area contributed by atoms with Crippen molar-refractivity contribution in [3.8, 4) is 22.6 Å². The molecule has 0 aliphatic carbocycles. The van der Waals surface area contributed by atoms with Crippen LogP contribution in [-0.2, 0) is 6.54 Å². The van der Waals surface area contributed by atoms with Gasteiger partial charge in [-0.25, -0.2) is 19.3 Å². The Balaban J connectivity index is 1.69. The van der Waals surface area contributed by atoms with Crippen LogP contribution in [0.5, 0.6) is 0 Å². The number of hydrogen-bond acceptors (Lipinski definition) is 4. The summed E-state index contributed by atoms with van der Waals surface area (Å²) < 4.78 is 13.8. The fourth-order valence-electron chi connectivity index (χ4n) is 2.70. The first-order valence-corrected chi connectivity index (χ1v) is 8.68. The Hall–Kier alpha value is -3.25. The molecule has 134 valence electrons. The van der Waals surface area contributed by atoms with E-state index in [4.69, 9.17) is 11.6 Å². The number of benzene rings is 2. The van der Waals surface area contributed by atoms with Gasteiger partial charge in [0.2, 0.25) is 5.95 Å². The summed E-state index contributed by atoms with van der Waals surface area (Å²) in [5.41, 5.74) is 2.89. The summed E-state index contributed by atoms with van der Waals surface area (Å²) in [6.45, 7) is 0.285. The van der Waals surface area contributed by atoms with Crippen molar-refractivity contribution in [2.45, 2.75) is 6.54 Å². The van der Waals surface area contributed by atoms with Gasteiger partial charge in [0.15, 0.2) is 0 Å². The molecule has 0 aliphatic heterocycles. The molecule has 0 bridgehead atoms. The van der Waals surface area contributed by atoms with E-state index in [9.17, 15) is 4.39 Å². The topological polar surface area (TPSA) is 66.5 Å². The predicted octanol–water partition coefficient (Wildman–Crippen LogP) is 4.94. The Morgan fingerprint density at radius 3 is 2.59 bits per heavy atom. The summed E-state index contributed by atoms with van der Waals surface area (Å²) in [7, 11) is 0. The number of nitrogens with zero attached hydrogens (tertiary/aromatic N) is 3. The summed E-state index contributed by atoms with van der Waals surface area (Å²) in [4.78, 5) is 16.3. The van der Waals surface area contributed by atoms with E-state index in [-0.39, 0.29) is 12.4 Å². The predicted molar refractivity (Wildman–Crippen MR) is 104 cm³/mol. The lowest BCUT2D eigenvalue weighted by molar-refractivity contribution is 0.612. The van der Waals surface area contributed by atoms with Crippen LogP contribution in [0.15, 0.2) is 67.1 Å². The van der Waals surface area contributed by atoms with Crippen molar-refractivity contribution >= 4 is 17.5 Å². The molecule has 5 nitrogen and oxygen atoms in total. The van der Waals surface area contributed by atoms with E-state index in [0.717, 1.165) is 11.1 Å². The van der Waals surface area contributed by atoms with Crippen molar-refractivity contribution in [1.82, 2.24) is 19.9 Å². The lowest BCUT2D eigenvalue weighted by Crippen LogP contribution is -2.06. The van der Waals surface area contributed by atoms with Crippen LogP contribution in [0, 0.1) is 5.82 Å². The summed E-state index contributed by atoms with van der Waals surface area (Å²) in [6, 6.07) is 14.0. The Labute approximate surface area is 160 Å². The van der Waals surface area contributed by atoms with Crippen molar-refractivity contribution < 1.29 is 4.39 Å². The van der Waals surface area contributed by atoms with Crippen molar-refractivity contribution in [3.05, 3.63) is 83.5 Å². The number of hydrogen-bond donors (Lipinski definition) is 2. The van der Waals surface area contributed by atoms with Crippen LogP contribution in [0.2, 0.25) is 5.02 Å². The molecule has 0 radical (unpaired) electrons. The Morgan fingerprint density at radius 1 is 1.04 bits per heavy atom. The monoisotopic (exact) mass is 379 g/mol. The second-order valence-electron chi connectivity index (χ2n) is 5.85. The third-order valence-electron chi connectivity index (χ3n) is 4.05. The minimum absolute atomic E-state index is 0.268. The average molecular weight is 380 g/mol. The smallest absolute Gasteiger partial charge is 0.223 e. The minimum Gasteiger partial charge on any atom is -0.350 e. The molecular formula is C20H15ClFN5. The number of nitrogens with one attached hydrogen (secondary N) is 2. The van der Waals surface area contributed by atoms with Crippen LogP contribution < -0.4 is 5.32 Å². The molecule has 2 aromatic carbocycles. The van der Waals surface area contributed by atoms with E-state index in [2.05, 4.69) is 25.3 Å². The third kappa shape index (κ3) is 3.80. The molecule has 2 heterocycles. The number of H-pyrrole nitrogens is 1. The van der Waals surface area contributed by atoms with Gasteiger partial charge < -0.3 is 10.3 Å². The van der Waals surface area contributed by atoms with Gasteiger partial charge >= 0.3 is 0 Å². The molecule has 0 atom stereocenters. The van der Waals surface area contributed by atoms with Crippen molar-refractivity contribution in [1.29, 1.82) is 0 Å². The Kier molecular flexibility index (Phi) is 4.80. The normalized spacial score (nSPS) is 10.7. The van der Waals surface area contributed by atoms with Gasteiger partial charge in [-0.2, -0.15) is 0 Å². The number of aromatic amines is 1. The summed E-state index contributed by atoms with van der Waals surface area (Å²) >= 11 is 6.00. The molecule has 0 amide bonds. The van der Waals surface area contributed by atoms with Gasteiger partial charge in [-0.3, -0.25) is 0 Å². The first-order valence-electron chi connectivity index (χ1n) is 8.31. The van der Waals surface area contributed by atoms with Crippen LogP contribution in [0.3, 0.4) is 0 Å². The largest absolute Gasteiger partial charge is 0.350 e. The molecule has 0 aliphatic rings. The quantitative estimate of drug-likeness (QED) is 0.515. The molecule has 4 rings (SSSR count). The molecule has 0 unspecified atom stereocenters. The molecule has 0 fully saturated rings. The second kappa shape index (κ2) is 7.55. The molecule has 0 saturated carbocycles. The first-order chi connectivity index (χ1) is 13.2. The molecule has 0 spiro atoms. The van der Waals surface area contributed by atoms with Crippen molar-refractivity contribution in [3.63, 3.8) is 0 Å². The van der Waals surface area contributed by atoms with Gasteiger partial charge in [0.25, 0.3) is 0 Å². The number of anilines is 1. The van der Waals surface area contributed by atoms with E-state index in [0.29, 0.717) is 28.1 Å². The summed E-state index contributed by atoms with van der Waals surface area (Å²) in [6.07, 6.45) is 5.11. The van der Waals surface area contributed by atoms with Gasteiger partial charge in [-0.05, 0) is 18.2 Å². The summed E-state index contributed by atoms with van der Waals surface area (Å²) in [5.74, 6) is 0.800. The number of imidazole rings is 1. The van der Waals surface area contributed by atoms with Gasteiger partial charge in [-0.15, -0.1) is 0 Å². The fourth-order valence-corrected chi connectivity index (χ4v) is 2.82. The van der Waals surface area contributed by atoms with Crippen molar-refractivity contribution in [2.75, 3.05) is 5.32 Å². The molecule has 2 N–H and O–H groups in total. The SMILES string of the molecule is Fc1ccccc1CNc1ncc(-c2ncc[nH]2)c(-c2ccc(Cl)cc2)n1. The van der Waals surface area contributed by atoms with Crippen LogP contribution >= 0.6 is 11.6 Å². The van der Waals surface area contributed by atoms with Crippen LogP contribution in [-0.4, -0.2) is 19.9 Å². The maximum Gasteiger partial charge on any atom is 0.223 e. The highest BCUT2D eigenvalue weighted by atomic mass is 35.5. The van der Waals surface area contributed by atoms with Crippen LogP contribution in [0.25, 0.3) is 22.6 Å². The maximum absolute atomic E-state index is 13.8. The first kappa shape index (κ1) is 17.2. The molecule has 2 aromatic heterocycles. The number of aromatic nitrogens is 4. The van der Waals surface area contributed by atoms with Gasteiger partial charge in [0, 0.05) is 41.3 Å². The van der Waals surface area contributed by atoms with Gasteiger partial charge in [0.1, 0.15) is 11.6 Å². The zero-order valence-corrected chi connectivity index (χ0v) is 14.9. The van der Waals surface area contributed by atoms with E-state index in [1.807, 2.05) is 12.1 Å². The van der Waals surface area contributed by atoms with Crippen LogP contribution in [0.1, 0.15) is 5.56 Å². The lowest BCUT2D eigenvalue weighted by Gasteiger charge is -2.11. The molecular weight excluding hydrogens is 365 g/mol. The molecule has 27 heavy (non-hydrogen) atoms. The van der Waals surface area contributed by atoms with E-state index in [1.165, 1.54) is 6.07 Å². The van der Waals surface area contributed by atoms with Crippen molar-refractivity contribution in [2.24, 2.45) is 0 Å². The zero-order chi connectivity index (χ0) is 18.6. The summed E-state index contributed by atoms with van der Waals surface area (Å²) in [5, 5.41) is 3.72. The molecule has 7 heteroatoms. The zero-order valence-electron chi connectivity index (χ0n) is 14.2.